The van der Waals surface area contributed by atoms with Gasteiger partial charge in [0.1, 0.15) is 5.56 Å². The summed E-state index contributed by atoms with van der Waals surface area (Å²) in [5, 5.41) is 0. The predicted molar refractivity (Wildman–Crippen MR) is 45.3 cm³/mol. The number of hydrogen-bond donors (Lipinski definition) is 0. The highest BCUT2D eigenvalue weighted by Crippen LogP contribution is 2.28. The van der Waals surface area contributed by atoms with Gasteiger partial charge in [0.25, 0.3) is 0 Å². The molecule has 0 heterocycles. The van der Waals surface area contributed by atoms with Crippen molar-refractivity contribution in [1.82, 2.24) is 0 Å². The normalized spacial score (nSPS) is 10.3. The van der Waals surface area contributed by atoms with Crippen LogP contribution in [0.25, 0.3) is 0 Å². The van der Waals surface area contributed by atoms with Crippen molar-refractivity contribution < 1.29 is 27.1 Å². The van der Waals surface area contributed by atoms with Crippen LogP contribution in [0.4, 0.5) is 17.6 Å². The number of carbonyl (C=O) groups is 1. The van der Waals surface area contributed by atoms with Crippen LogP contribution in [0.3, 0.4) is 0 Å². The van der Waals surface area contributed by atoms with Crippen molar-refractivity contribution in [2.75, 3.05) is 7.11 Å². The Morgan fingerprint density at radius 2 is 1.53 bits per heavy atom. The number of methoxy groups -OCH3 is 1. The summed E-state index contributed by atoms with van der Waals surface area (Å²) in [4.78, 5) is 10.9. The Labute approximate surface area is 90.0 Å². The van der Waals surface area contributed by atoms with E-state index in [0.717, 1.165) is 7.11 Å². The molecule has 0 N–H and O–H groups in total. The Bertz CT molecular complexity index is 404. The van der Waals surface area contributed by atoms with Gasteiger partial charge >= 0.3 is 5.97 Å². The third-order valence-electron chi connectivity index (χ3n) is 1.60. The highest BCUT2D eigenvalue weighted by atomic mass is 79.9. The molecule has 0 aliphatic carbocycles. The maximum atomic E-state index is 13.0. The summed E-state index contributed by atoms with van der Waals surface area (Å²) in [6, 6.07) is 0. The van der Waals surface area contributed by atoms with Crippen LogP contribution in [0.1, 0.15) is 10.4 Å². The van der Waals surface area contributed by atoms with E-state index in [1.54, 1.807) is 0 Å². The Morgan fingerprint density at radius 3 is 2.00 bits per heavy atom. The molecule has 15 heavy (non-hydrogen) atoms. The van der Waals surface area contributed by atoms with Gasteiger partial charge in [-0.15, -0.1) is 0 Å². The monoisotopic (exact) mass is 286 g/mol. The van der Waals surface area contributed by atoms with E-state index in [2.05, 4.69) is 20.7 Å². The van der Waals surface area contributed by atoms with Gasteiger partial charge in [-0.1, -0.05) is 0 Å². The quantitative estimate of drug-likeness (QED) is 0.343. The van der Waals surface area contributed by atoms with Crippen molar-refractivity contribution in [2.45, 2.75) is 0 Å². The summed E-state index contributed by atoms with van der Waals surface area (Å²) in [6.45, 7) is 0. The Hall–Kier alpha value is -1.11. The van der Waals surface area contributed by atoms with Gasteiger partial charge < -0.3 is 4.74 Å². The molecule has 0 spiro atoms. The van der Waals surface area contributed by atoms with Crippen LogP contribution in [0.5, 0.6) is 0 Å². The molecule has 0 radical (unpaired) electrons. The number of rotatable bonds is 1. The molecule has 0 unspecified atom stereocenters. The molecule has 82 valence electrons. The molecule has 0 aliphatic rings. The minimum absolute atomic E-state index is 0.814. The van der Waals surface area contributed by atoms with Gasteiger partial charge in [0.05, 0.1) is 11.6 Å². The Morgan fingerprint density at radius 1 is 1.07 bits per heavy atom. The summed E-state index contributed by atoms with van der Waals surface area (Å²) < 4.78 is 54.5. The summed E-state index contributed by atoms with van der Waals surface area (Å²) in [7, 11) is 0.896. The van der Waals surface area contributed by atoms with Crippen LogP contribution >= 0.6 is 15.9 Å². The van der Waals surface area contributed by atoms with Gasteiger partial charge in [0.2, 0.25) is 0 Å². The van der Waals surface area contributed by atoms with Crippen LogP contribution in [0.2, 0.25) is 0 Å². The molecule has 1 aromatic rings. The standard InChI is InChI=1S/C8H3BrF4O2/c1-15-8(14)2-3(9)5(11)7(13)6(12)4(2)10/h1H3. The highest BCUT2D eigenvalue weighted by molar-refractivity contribution is 9.10. The average molecular weight is 287 g/mol. The van der Waals surface area contributed by atoms with Crippen LogP contribution in [-0.4, -0.2) is 13.1 Å². The van der Waals surface area contributed by atoms with Gasteiger partial charge in [-0.3, -0.25) is 0 Å². The van der Waals surface area contributed by atoms with Gasteiger partial charge in [0, 0.05) is 0 Å². The molecule has 0 atom stereocenters. The summed E-state index contributed by atoms with van der Waals surface area (Å²) in [6.07, 6.45) is 0. The molecule has 0 fully saturated rings. The van der Waals surface area contributed by atoms with E-state index in [0.29, 0.717) is 0 Å². The number of ether oxygens (including phenoxy) is 1. The summed E-state index contributed by atoms with van der Waals surface area (Å²) >= 11 is 2.43. The lowest BCUT2D eigenvalue weighted by Gasteiger charge is -2.06. The van der Waals surface area contributed by atoms with E-state index < -0.39 is 39.3 Å². The van der Waals surface area contributed by atoms with E-state index in [1.165, 1.54) is 0 Å². The largest absolute Gasteiger partial charge is 0.465 e. The van der Waals surface area contributed by atoms with Crippen LogP contribution in [-0.2, 0) is 4.74 Å². The van der Waals surface area contributed by atoms with Gasteiger partial charge in [-0.2, -0.15) is 0 Å². The third-order valence-corrected chi connectivity index (χ3v) is 2.34. The molecule has 0 amide bonds. The maximum absolute atomic E-state index is 13.0. The Balaban J connectivity index is 3.60. The van der Waals surface area contributed by atoms with Crippen molar-refractivity contribution in [1.29, 1.82) is 0 Å². The molecule has 0 aromatic heterocycles. The third kappa shape index (κ3) is 1.83. The van der Waals surface area contributed by atoms with Crippen molar-refractivity contribution in [3.63, 3.8) is 0 Å². The minimum Gasteiger partial charge on any atom is -0.465 e. The molecule has 0 saturated heterocycles. The second kappa shape index (κ2) is 4.18. The molecule has 0 bridgehead atoms. The van der Waals surface area contributed by atoms with Crippen LogP contribution < -0.4 is 0 Å². The first-order chi connectivity index (χ1) is 6.91. The summed E-state index contributed by atoms with van der Waals surface area (Å²) in [5.41, 5.74) is -1.02. The van der Waals surface area contributed by atoms with Gasteiger partial charge in [-0.25, -0.2) is 22.4 Å². The van der Waals surface area contributed by atoms with E-state index in [1.807, 2.05) is 0 Å². The van der Waals surface area contributed by atoms with Crippen molar-refractivity contribution >= 4 is 21.9 Å². The predicted octanol–water partition coefficient (Wildman–Crippen LogP) is 2.79. The molecule has 0 aliphatic heterocycles. The first kappa shape index (κ1) is 12.0. The first-order valence-corrected chi connectivity index (χ1v) is 4.30. The van der Waals surface area contributed by atoms with E-state index in [-0.39, 0.29) is 0 Å². The molecule has 1 aromatic carbocycles. The second-order valence-electron chi connectivity index (χ2n) is 2.44. The molecular weight excluding hydrogens is 284 g/mol. The zero-order chi connectivity index (χ0) is 11.7. The fraction of sp³-hybridized carbons (Fsp3) is 0.125. The lowest BCUT2D eigenvalue weighted by atomic mass is 10.2. The molecule has 0 saturated carbocycles. The fourth-order valence-corrected chi connectivity index (χ4v) is 1.40. The minimum atomic E-state index is -2.06. The number of benzene rings is 1. The van der Waals surface area contributed by atoms with Crippen molar-refractivity contribution in [3.8, 4) is 0 Å². The number of esters is 1. The van der Waals surface area contributed by atoms with Gasteiger partial charge in [-0.05, 0) is 15.9 Å². The number of halogens is 5. The lowest BCUT2D eigenvalue weighted by molar-refractivity contribution is 0.0591. The van der Waals surface area contributed by atoms with E-state index in [4.69, 9.17) is 0 Å². The Kier molecular flexibility index (Phi) is 3.33. The number of hydrogen-bond acceptors (Lipinski definition) is 2. The number of carbonyl (C=O) groups excluding carboxylic acids is 1. The van der Waals surface area contributed by atoms with E-state index >= 15 is 0 Å². The second-order valence-corrected chi connectivity index (χ2v) is 3.23. The molecule has 7 heteroatoms. The smallest absolute Gasteiger partial charge is 0.342 e. The highest BCUT2D eigenvalue weighted by Gasteiger charge is 2.28. The summed E-state index contributed by atoms with van der Waals surface area (Å²) in [5.74, 6) is -8.85. The average Bonchev–Trinajstić information content (AvgIpc) is 2.23. The molecular formula is C8H3BrF4O2. The lowest BCUT2D eigenvalue weighted by Crippen LogP contribution is -2.11. The van der Waals surface area contributed by atoms with E-state index in [9.17, 15) is 22.4 Å². The SMILES string of the molecule is COC(=O)c1c(F)c(F)c(F)c(F)c1Br. The van der Waals surface area contributed by atoms with Crippen molar-refractivity contribution in [2.24, 2.45) is 0 Å². The molecule has 2 nitrogen and oxygen atoms in total. The maximum Gasteiger partial charge on any atom is 0.342 e. The van der Waals surface area contributed by atoms with Gasteiger partial charge in [0.15, 0.2) is 23.3 Å². The van der Waals surface area contributed by atoms with Crippen LogP contribution in [0, 0.1) is 23.3 Å². The van der Waals surface area contributed by atoms with Crippen LogP contribution in [0.15, 0.2) is 4.47 Å². The molecule has 1 rings (SSSR count). The zero-order valence-electron chi connectivity index (χ0n) is 7.21. The topological polar surface area (TPSA) is 26.3 Å². The first-order valence-electron chi connectivity index (χ1n) is 3.51. The zero-order valence-corrected chi connectivity index (χ0v) is 8.79. The fourth-order valence-electron chi connectivity index (χ4n) is 0.886. The van der Waals surface area contributed by atoms with Crippen molar-refractivity contribution in [3.05, 3.63) is 33.3 Å².